The molecule has 1 unspecified atom stereocenters. The lowest BCUT2D eigenvalue weighted by Crippen LogP contribution is -2.51. The first-order valence-electron chi connectivity index (χ1n) is 8.93. The molecular formula is C19H25ClN4O. The Morgan fingerprint density at radius 3 is 2.56 bits per heavy atom. The van der Waals surface area contributed by atoms with Gasteiger partial charge >= 0.3 is 0 Å². The maximum Gasteiger partial charge on any atom is 0.271 e. The van der Waals surface area contributed by atoms with Crippen LogP contribution in [0.25, 0.3) is 11.3 Å². The summed E-state index contributed by atoms with van der Waals surface area (Å²) >= 11 is 5.92. The SMILES string of the molecule is CCCC(C)N1CCN(C(=O)c2cc(-c3ccc(Cl)cc3)n[nH]2)CC1. The van der Waals surface area contributed by atoms with E-state index in [9.17, 15) is 4.79 Å². The standard InChI is InChI=1S/C19H25ClN4O/c1-3-4-14(2)23-9-11-24(12-10-23)19(25)18-13-17(21-22-18)15-5-7-16(20)8-6-15/h5-8,13-14H,3-4,9-12H2,1-2H3,(H,21,22). The maximum atomic E-state index is 12.7. The third kappa shape index (κ3) is 4.22. The largest absolute Gasteiger partial charge is 0.335 e. The Bertz CT molecular complexity index is 704. The molecule has 25 heavy (non-hydrogen) atoms. The molecule has 0 aliphatic carbocycles. The zero-order valence-electron chi connectivity index (χ0n) is 14.8. The molecule has 1 aliphatic heterocycles. The fraction of sp³-hybridized carbons (Fsp3) is 0.474. The molecule has 0 spiro atoms. The van der Waals surface area contributed by atoms with Gasteiger partial charge in [-0.05, 0) is 31.5 Å². The van der Waals surface area contributed by atoms with Gasteiger partial charge in [0.25, 0.3) is 5.91 Å². The van der Waals surface area contributed by atoms with Crippen molar-refractivity contribution in [1.82, 2.24) is 20.0 Å². The Labute approximate surface area is 154 Å². The highest BCUT2D eigenvalue weighted by atomic mass is 35.5. The van der Waals surface area contributed by atoms with Gasteiger partial charge in [0.15, 0.2) is 0 Å². The highest BCUT2D eigenvalue weighted by Gasteiger charge is 2.25. The van der Waals surface area contributed by atoms with Gasteiger partial charge in [0.1, 0.15) is 5.69 Å². The van der Waals surface area contributed by atoms with Gasteiger partial charge in [-0.1, -0.05) is 37.1 Å². The number of benzene rings is 1. The predicted octanol–water partition coefficient (Wildman–Crippen LogP) is 3.68. The third-order valence-electron chi connectivity index (χ3n) is 4.88. The molecule has 0 bridgehead atoms. The summed E-state index contributed by atoms with van der Waals surface area (Å²) in [7, 11) is 0. The Balaban J connectivity index is 1.62. The van der Waals surface area contributed by atoms with Crippen LogP contribution >= 0.6 is 11.6 Å². The molecule has 1 aromatic heterocycles. The van der Waals surface area contributed by atoms with Crippen molar-refractivity contribution in [2.24, 2.45) is 0 Å². The average Bonchev–Trinajstić information content (AvgIpc) is 3.12. The molecule has 0 saturated carbocycles. The van der Waals surface area contributed by atoms with E-state index in [1.165, 1.54) is 12.8 Å². The van der Waals surface area contributed by atoms with Crippen LogP contribution in [-0.2, 0) is 0 Å². The van der Waals surface area contributed by atoms with Crippen LogP contribution in [0.15, 0.2) is 30.3 Å². The van der Waals surface area contributed by atoms with Crippen molar-refractivity contribution in [2.75, 3.05) is 26.2 Å². The normalized spacial score (nSPS) is 16.8. The Kier molecular flexibility index (Phi) is 5.76. The van der Waals surface area contributed by atoms with E-state index in [2.05, 4.69) is 28.9 Å². The van der Waals surface area contributed by atoms with Gasteiger partial charge in [0.05, 0.1) is 5.69 Å². The minimum atomic E-state index is 0.0236. The predicted molar refractivity (Wildman–Crippen MR) is 101 cm³/mol. The van der Waals surface area contributed by atoms with Crippen LogP contribution in [0.2, 0.25) is 5.02 Å². The van der Waals surface area contributed by atoms with Crippen LogP contribution in [0.3, 0.4) is 0 Å². The average molecular weight is 361 g/mol. The van der Waals surface area contributed by atoms with E-state index in [1.54, 1.807) is 0 Å². The van der Waals surface area contributed by atoms with Gasteiger partial charge in [-0.25, -0.2) is 0 Å². The minimum Gasteiger partial charge on any atom is -0.335 e. The molecule has 134 valence electrons. The number of carbonyl (C=O) groups excluding carboxylic acids is 1. The first-order chi connectivity index (χ1) is 12.1. The lowest BCUT2D eigenvalue weighted by Gasteiger charge is -2.37. The molecule has 1 fully saturated rings. The van der Waals surface area contributed by atoms with Gasteiger partial charge in [0, 0.05) is 42.8 Å². The topological polar surface area (TPSA) is 52.2 Å². The van der Waals surface area contributed by atoms with Crippen molar-refractivity contribution in [3.63, 3.8) is 0 Å². The number of rotatable bonds is 5. The van der Waals surface area contributed by atoms with Gasteiger partial charge < -0.3 is 4.90 Å². The summed E-state index contributed by atoms with van der Waals surface area (Å²) in [6, 6.07) is 9.86. The molecule has 1 N–H and O–H groups in total. The zero-order chi connectivity index (χ0) is 17.8. The lowest BCUT2D eigenvalue weighted by molar-refractivity contribution is 0.0569. The molecule has 1 amide bonds. The minimum absolute atomic E-state index is 0.0236. The van der Waals surface area contributed by atoms with E-state index in [4.69, 9.17) is 11.6 Å². The quantitative estimate of drug-likeness (QED) is 0.884. The molecule has 1 aliphatic rings. The summed E-state index contributed by atoms with van der Waals surface area (Å²) in [6.07, 6.45) is 2.40. The second-order valence-corrected chi connectivity index (χ2v) is 7.08. The fourth-order valence-electron chi connectivity index (χ4n) is 3.34. The number of aromatic nitrogens is 2. The van der Waals surface area contributed by atoms with Crippen LogP contribution in [0, 0.1) is 0 Å². The lowest BCUT2D eigenvalue weighted by atomic mass is 10.1. The Morgan fingerprint density at radius 2 is 1.92 bits per heavy atom. The molecule has 6 heteroatoms. The number of nitrogens with one attached hydrogen (secondary N) is 1. The van der Waals surface area contributed by atoms with Crippen LogP contribution in [0.5, 0.6) is 0 Å². The van der Waals surface area contributed by atoms with Gasteiger partial charge in [-0.3, -0.25) is 14.8 Å². The summed E-state index contributed by atoms with van der Waals surface area (Å²) in [5.41, 5.74) is 2.24. The van der Waals surface area contributed by atoms with Crippen LogP contribution in [-0.4, -0.2) is 58.1 Å². The highest BCUT2D eigenvalue weighted by Crippen LogP contribution is 2.21. The Morgan fingerprint density at radius 1 is 1.24 bits per heavy atom. The molecule has 1 aromatic carbocycles. The maximum absolute atomic E-state index is 12.7. The van der Waals surface area contributed by atoms with Crippen molar-refractivity contribution in [3.05, 3.63) is 41.0 Å². The molecule has 2 heterocycles. The van der Waals surface area contributed by atoms with Crippen molar-refractivity contribution < 1.29 is 4.79 Å². The fourth-order valence-corrected chi connectivity index (χ4v) is 3.46. The molecule has 5 nitrogen and oxygen atoms in total. The van der Waals surface area contributed by atoms with Crippen LogP contribution in [0.4, 0.5) is 0 Å². The molecular weight excluding hydrogens is 336 g/mol. The number of halogens is 1. The Hall–Kier alpha value is -1.85. The number of nitrogens with zero attached hydrogens (tertiary/aromatic N) is 3. The van der Waals surface area contributed by atoms with Gasteiger partial charge in [-0.15, -0.1) is 0 Å². The summed E-state index contributed by atoms with van der Waals surface area (Å²) in [5, 5.41) is 7.84. The molecule has 2 aromatic rings. The number of hydrogen-bond acceptors (Lipinski definition) is 3. The summed E-state index contributed by atoms with van der Waals surface area (Å²) < 4.78 is 0. The van der Waals surface area contributed by atoms with Crippen LogP contribution in [0.1, 0.15) is 37.2 Å². The molecule has 1 saturated heterocycles. The summed E-state index contributed by atoms with van der Waals surface area (Å²) in [4.78, 5) is 17.1. The number of aromatic amines is 1. The van der Waals surface area contributed by atoms with Gasteiger partial charge in [-0.2, -0.15) is 5.10 Å². The van der Waals surface area contributed by atoms with Crippen molar-refractivity contribution in [2.45, 2.75) is 32.7 Å². The van der Waals surface area contributed by atoms with E-state index in [0.29, 0.717) is 16.8 Å². The number of amides is 1. The smallest absolute Gasteiger partial charge is 0.271 e. The molecule has 3 rings (SSSR count). The second kappa shape index (κ2) is 8.02. The van der Waals surface area contributed by atoms with E-state index >= 15 is 0 Å². The van der Waals surface area contributed by atoms with E-state index in [0.717, 1.165) is 37.4 Å². The first-order valence-corrected chi connectivity index (χ1v) is 9.31. The highest BCUT2D eigenvalue weighted by molar-refractivity contribution is 6.30. The van der Waals surface area contributed by atoms with E-state index < -0.39 is 0 Å². The molecule has 0 radical (unpaired) electrons. The van der Waals surface area contributed by atoms with Gasteiger partial charge in [0.2, 0.25) is 0 Å². The molecule has 1 atom stereocenters. The third-order valence-corrected chi connectivity index (χ3v) is 5.13. The first kappa shape index (κ1) is 18.0. The van der Waals surface area contributed by atoms with E-state index in [-0.39, 0.29) is 5.91 Å². The summed E-state index contributed by atoms with van der Waals surface area (Å²) in [6.45, 7) is 7.89. The monoisotopic (exact) mass is 360 g/mol. The number of H-pyrrole nitrogens is 1. The number of piperazine rings is 1. The van der Waals surface area contributed by atoms with Crippen LogP contribution < -0.4 is 0 Å². The van der Waals surface area contributed by atoms with Crippen molar-refractivity contribution in [1.29, 1.82) is 0 Å². The van der Waals surface area contributed by atoms with Crippen molar-refractivity contribution in [3.8, 4) is 11.3 Å². The zero-order valence-corrected chi connectivity index (χ0v) is 15.6. The second-order valence-electron chi connectivity index (χ2n) is 6.64. The summed E-state index contributed by atoms with van der Waals surface area (Å²) in [5.74, 6) is 0.0236. The van der Waals surface area contributed by atoms with Crippen molar-refractivity contribution >= 4 is 17.5 Å². The number of hydrogen-bond donors (Lipinski definition) is 1. The van der Waals surface area contributed by atoms with E-state index in [1.807, 2.05) is 35.2 Å². The number of carbonyl (C=O) groups is 1.